The zero-order chi connectivity index (χ0) is 9.14. The van der Waals surface area contributed by atoms with Gasteiger partial charge in [-0.1, -0.05) is 11.6 Å². The van der Waals surface area contributed by atoms with Crippen LogP contribution in [0.15, 0.2) is 18.2 Å². The van der Waals surface area contributed by atoms with Gasteiger partial charge in [-0.2, -0.15) is 0 Å². The summed E-state index contributed by atoms with van der Waals surface area (Å²) in [6.45, 7) is 6.61. The van der Waals surface area contributed by atoms with Crippen LogP contribution in [-0.4, -0.2) is 4.92 Å². The van der Waals surface area contributed by atoms with E-state index in [9.17, 15) is 10.1 Å². The predicted molar refractivity (Wildman–Crippen MR) is 44.4 cm³/mol. The molecule has 60 valence electrons. The average molecular weight is 183 g/mol. The minimum Gasteiger partial charge on any atom is -0.258 e. The third-order valence-corrected chi connectivity index (χ3v) is 1.56. The van der Waals surface area contributed by atoms with E-state index in [2.05, 4.69) is 4.85 Å². The Bertz CT molecular complexity index is 370. The van der Waals surface area contributed by atoms with Crippen LogP contribution >= 0.6 is 11.6 Å². The molecule has 0 saturated carbocycles. The fourth-order valence-electron chi connectivity index (χ4n) is 0.713. The van der Waals surface area contributed by atoms with Crippen LogP contribution in [0, 0.1) is 16.7 Å². The lowest BCUT2D eigenvalue weighted by Crippen LogP contribution is -1.87. The second-order valence-electron chi connectivity index (χ2n) is 2.00. The van der Waals surface area contributed by atoms with E-state index in [0.717, 1.165) is 0 Å². The summed E-state index contributed by atoms with van der Waals surface area (Å²) in [6, 6.07) is 3.85. The molecule has 0 unspecified atom stereocenters. The smallest absolute Gasteiger partial charge is 0.258 e. The zero-order valence-electron chi connectivity index (χ0n) is 5.82. The summed E-state index contributed by atoms with van der Waals surface area (Å²) in [4.78, 5) is 12.8. The van der Waals surface area contributed by atoms with Crippen LogP contribution in [0.5, 0.6) is 0 Å². The Morgan fingerprint density at radius 1 is 1.58 bits per heavy atom. The number of nitro groups is 1. The van der Waals surface area contributed by atoms with Crippen molar-refractivity contribution >= 4 is 23.0 Å². The normalized spacial score (nSPS) is 9.00. The topological polar surface area (TPSA) is 47.5 Å². The van der Waals surface area contributed by atoms with Gasteiger partial charge in [-0.3, -0.25) is 10.1 Å². The first-order valence-electron chi connectivity index (χ1n) is 2.96. The van der Waals surface area contributed by atoms with E-state index in [1.165, 1.54) is 18.2 Å². The lowest BCUT2D eigenvalue weighted by Gasteiger charge is -1.93. The highest BCUT2D eigenvalue weighted by molar-refractivity contribution is 6.32. The van der Waals surface area contributed by atoms with E-state index in [0.29, 0.717) is 5.69 Å². The molecule has 0 amide bonds. The van der Waals surface area contributed by atoms with Gasteiger partial charge in [0.05, 0.1) is 11.5 Å². The van der Waals surface area contributed by atoms with Crippen molar-refractivity contribution < 1.29 is 4.92 Å². The average Bonchev–Trinajstić information content (AvgIpc) is 2.03. The Labute approximate surface area is 73.4 Å². The van der Waals surface area contributed by atoms with Crippen molar-refractivity contribution in [3.05, 3.63) is 44.8 Å². The van der Waals surface area contributed by atoms with Crippen LogP contribution in [-0.2, 0) is 0 Å². The molecule has 0 aliphatic heterocycles. The van der Waals surface area contributed by atoms with Crippen molar-refractivity contribution in [2.75, 3.05) is 0 Å². The van der Waals surface area contributed by atoms with E-state index in [1.807, 2.05) is 0 Å². The first-order chi connectivity index (χ1) is 5.65. The quantitative estimate of drug-likeness (QED) is 0.381. The molecule has 0 saturated heterocycles. The molecule has 0 N–H and O–H groups in total. The Balaban J connectivity index is 3.23. The third kappa shape index (κ3) is 1.52. The first-order valence-corrected chi connectivity index (χ1v) is 3.34. The summed E-state index contributed by atoms with van der Waals surface area (Å²) in [6.07, 6.45) is 0. The van der Waals surface area contributed by atoms with E-state index in [-0.39, 0.29) is 10.7 Å². The largest absolute Gasteiger partial charge is 0.285 e. The predicted octanol–water partition coefficient (Wildman–Crippen LogP) is 2.80. The van der Waals surface area contributed by atoms with Crippen molar-refractivity contribution in [3.63, 3.8) is 0 Å². The molecule has 0 heterocycles. The van der Waals surface area contributed by atoms with Gasteiger partial charge in [-0.15, -0.1) is 0 Å². The van der Waals surface area contributed by atoms with Gasteiger partial charge in [0.15, 0.2) is 5.69 Å². The maximum Gasteiger partial charge on any atom is 0.285 e. The van der Waals surface area contributed by atoms with Gasteiger partial charge in [0.1, 0.15) is 5.02 Å². The molecule has 1 aromatic rings. The summed E-state index contributed by atoms with van der Waals surface area (Å²) in [5.74, 6) is 0. The van der Waals surface area contributed by atoms with E-state index < -0.39 is 4.92 Å². The maximum atomic E-state index is 10.3. The van der Waals surface area contributed by atoms with Gasteiger partial charge in [0.2, 0.25) is 0 Å². The van der Waals surface area contributed by atoms with Crippen LogP contribution in [0.25, 0.3) is 4.85 Å². The second kappa shape index (κ2) is 3.20. The lowest BCUT2D eigenvalue weighted by molar-refractivity contribution is -0.384. The van der Waals surface area contributed by atoms with Gasteiger partial charge < -0.3 is 0 Å². The molecule has 0 atom stereocenters. The van der Waals surface area contributed by atoms with Crippen molar-refractivity contribution in [2.45, 2.75) is 0 Å². The summed E-state index contributed by atoms with van der Waals surface area (Å²) in [5, 5.41) is 10.3. The first kappa shape index (κ1) is 8.50. The summed E-state index contributed by atoms with van der Waals surface area (Å²) in [5.41, 5.74) is 0.120. The molecule has 0 aromatic heterocycles. The Kier molecular flexibility index (Phi) is 2.26. The van der Waals surface area contributed by atoms with Gasteiger partial charge in [-0.05, 0) is 12.1 Å². The molecular weight excluding hydrogens is 180 g/mol. The highest BCUT2D eigenvalue weighted by atomic mass is 35.5. The van der Waals surface area contributed by atoms with Crippen LogP contribution in [0.2, 0.25) is 5.02 Å². The molecule has 1 rings (SSSR count). The van der Waals surface area contributed by atoms with Crippen molar-refractivity contribution in [3.8, 4) is 0 Å². The third-order valence-electron chi connectivity index (χ3n) is 1.26. The van der Waals surface area contributed by atoms with Gasteiger partial charge in [0, 0.05) is 6.07 Å². The standard InChI is InChI=1S/C7H3ClN2O2/c1-9-5-2-3-7(10(11)12)6(8)4-5/h2-4H. The van der Waals surface area contributed by atoms with Crippen LogP contribution in [0.3, 0.4) is 0 Å². The zero-order valence-corrected chi connectivity index (χ0v) is 6.58. The monoisotopic (exact) mass is 182 g/mol. The number of benzene rings is 1. The molecule has 5 heteroatoms. The minimum absolute atomic E-state index is 0.00602. The summed E-state index contributed by atoms with van der Waals surface area (Å²) in [7, 11) is 0. The maximum absolute atomic E-state index is 10.3. The van der Waals surface area contributed by atoms with Crippen molar-refractivity contribution in [1.82, 2.24) is 0 Å². The van der Waals surface area contributed by atoms with Crippen LogP contribution < -0.4 is 0 Å². The summed E-state index contributed by atoms with van der Waals surface area (Å²) < 4.78 is 0. The number of hydrogen-bond acceptors (Lipinski definition) is 2. The molecule has 4 nitrogen and oxygen atoms in total. The molecular formula is C7H3ClN2O2. The lowest BCUT2D eigenvalue weighted by atomic mass is 10.3. The summed E-state index contributed by atoms with van der Waals surface area (Å²) >= 11 is 5.52. The molecule has 12 heavy (non-hydrogen) atoms. The molecule has 0 spiro atoms. The molecule has 0 aliphatic carbocycles. The number of rotatable bonds is 1. The fourth-order valence-corrected chi connectivity index (χ4v) is 0.957. The molecule has 0 aliphatic rings. The highest BCUT2D eigenvalue weighted by Gasteiger charge is 2.11. The molecule has 0 radical (unpaired) electrons. The molecule has 0 bridgehead atoms. The minimum atomic E-state index is -0.587. The van der Waals surface area contributed by atoms with Crippen molar-refractivity contribution in [2.24, 2.45) is 0 Å². The second-order valence-corrected chi connectivity index (χ2v) is 2.41. The van der Waals surface area contributed by atoms with Crippen LogP contribution in [0.4, 0.5) is 11.4 Å². The van der Waals surface area contributed by atoms with E-state index >= 15 is 0 Å². The van der Waals surface area contributed by atoms with Crippen molar-refractivity contribution in [1.29, 1.82) is 0 Å². The van der Waals surface area contributed by atoms with E-state index in [1.54, 1.807) is 0 Å². The number of halogens is 1. The van der Waals surface area contributed by atoms with Gasteiger partial charge >= 0.3 is 0 Å². The van der Waals surface area contributed by atoms with E-state index in [4.69, 9.17) is 18.2 Å². The molecule has 1 aromatic carbocycles. The van der Waals surface area contributed by atoms with Crippen LogP contribution in [0.1, 0.15) is 0 Å². The van der Waals surface area contributed by atoms with Gasteiger partial charge in [0.25, 0.3) is 5.69 Å². The fraction of sp³-hybridized carbons (Fsp3) is 0. The molecule has 0 fully saturated rings. The Morgan fingerprint density at radius 3 is 2.67 bits per heavy atom. The number of hydrogen-bond donors (Lipinski definition) is 0. The Morgan fingerprint density at radius 2 is 2.25 bits per heavy atom. The SMILES string of the molecule is [C-]#[N+]c1ccc([N+](=O)[O-])c(Cl)c1. The van der Waals surface area contributed by atoms with Gasteiger partial charge in [-0.25, -0.2) is 4.85 Å². The number of nitrogens with zero attached hydrogens (tertiary/aromatic N) is 2. The number of nitro benzene ring substituents is 1. The Hall–Kier alpha value is -1.60. The highest BCUT2D eigenvalue weighted by Crippen LogP contribution is 2.28.